The second-order valence-electron chi connectivity index (χ2n) is 5.74. The molecule has 1 saturated carbocycles. The van der Waals surface area contributed by atoms with Crippen LogP contribution in [0.5, 0.6) is 0 Å². The van der Waals surface area contributed by atoms with Crippen molar-refractivity contribution in [1.29, 1.82) is 0 Å². The summed E-state index contributed by atoms with van der Waals surface area (Å²) in [6.07, 6.45) is 5.94. The highest BCUT2D eigenvalue weighted by molar-refractivity contribution is 5.76. The molecule has 0 amide bonds. The molecule has 3 heteroatoms. The van der Waals surface area contributed by atoms with Crippen molar-refractivity contribution in [3.8, 4) is 0 Å². The minimum Gasteiger partial charge on any atom is -0.319 e. The minimum absolute atomic E-state index is 0.00246. The zero-order valence-corrected chi connectivity index (χ0v) is 11.6. The van der Waals surface area contributed by atoms with Crippen LogP contribution in [-0.2, 0) is 0 Å². The van der Waals surface area contributed by atoms with Gasteiger partial charge in [0.05, 0.1) is 11.0 Å². The Balaban J connectivity index is 2.12. The molecule has 1 aromatic heterocycles. The van der Waals surface area contributed by atoms with Crippen LogP contribution in [0.15, 0.2) is 16.9 Å². The molecule has 1 fully saturated rings. The second kappa shape index (κ2) is 4.80. The van der Waals surface area contributed by atoms with Gasteiger partial charge in [-0.05, 0) is 49.9 Å². The van der Waals surface area contributed by atoms with E-state index in [0.29, 0.717) is 5.92 Å². The largest absolute Gasteiger partial charge is 0.319 e. The maximum Gasteiger partial charge on any atom is 0.270 e. The quantitative estimate of drug-likeness (QED) is 0.847. The van der Waals surface area contributed by atoms with E-state index in [9.17, 15) is 4.79 Å². The summed E-state index contributed by atoms with van der Waals surface area (Å²) < 4.78 is 0. The van der Waals surface area contributed by atoms with Crippen LogP contribution in [-0.4, -0.2) is 9.97 Å². The highest BCUT2D eigenvalue weighted by atomic mass is 16.1. The van der Waals surface area contributed by atoms with Crippen LogP contribution in [0.3, 0.4) is 0 Å². The topological polar surface area (TPSA) is 45.8 Å². The van der Waals surface area contributed by atoms with Crippen LogP contribution in [0.4, 0.5) is 0 Å². The normalized spacial score (nSPS) is 16.9. The third kappa shape index (κ3) is 2.29. The summed E-state index contributed by atoms with van der Waals surface area (Å²) in [5.41, 5.74) is 4.94. The zero-order chi connectivity index (χ0) is 13.4. The summed E-state index contributed by atoms with van der Waals surface area (Å²) in [5.74, 6) is 0.350. The Labute approximate surface area is 113 Å². The molecule has 0 atom stereocenters. The molecule has 1 heterocycles. The third-order valence-electron chi connectivity index (χ3n) is 4.33. The van der Waals surface area contributed by atoms with Gasteiger partial charge in [-0.3, -0.25) is 4.79 Å². The molecule has 0 bridgehead atoms. The molecule has 3 nitrogen and oxygen atoms in total. The molecule has 3 rings (SSSR count). The van der Waals surface area contributed by atoms with Crippen LogP contribution in [0.25, 0.3) is 11.0 Å². The highest BCUT2D eigenvalue weighted by Gasteiger charge is 2.20. The number of fused-ring (bicyclic) bond motifs is 1. The van der Waals surface area contributed by atoms with Crippen molar-refractivity contribution in [3.63, 3.8) is 0 Å². The highest BCUT2D eigenvalue weighted by Crippen LogP contribution is 2.30. The van der Waals surface area contributed by atoms with E-state index in [1.807, 2.05) is 6.07 Å². The van der Waals surface area contributed by atoms with Gasteiger partial charge in [0.2, 0.25) is 0 Å². The van der Waals surface area contributed by atoms with E-state index in [4.69, 9.17) is 0 Å². The first-order valence-electron chi connectivity index (χ1n) is 7.16. The molecule has 1 N–H and O–H groups in total. The lowest BCUT2D eigenvalue weighted by Gasteiger charge is -2.20. The number of benzene rings is 1. The average Bonchev–Trinajstić information content (AvgIpc) is 2.41. The number of aromatic nitrogens is 2. The van der Waals surface area contributed by atoms with E-state index in [2.05, 4.69) is 29.9 Å². The lowest BCUT2D eigenvalue weighted by Crippen LogP contribution is -2.20. The lowest BCUT2D eigenvalue weighted by molar-refractivity contribution is 0.434. The summed E-state index contributed by atoms with van der Waals surface area (Å²) in [4.78, 5) is 19.9. The first-order chi connectivity index (χ1) is 9.15. The Bertz CT molecular complexity index is 666. The van der Waals surface area contributed by atoms with Crippen LogP contribution in [0, 0.1) is 13.8 Å². The van der Waals surface area contributed by atoms with Crippen LogP contribution in [0.2, 0.25) is 0 Å². The van der Waals surface area contributed by atoms with Crippen molar-refractivity contribution in [2.45, 2.75) is 51.9 Å². The molecular weight excluding hydrogens is 236 g/mol. The van der Waals surface area contributed by atoms with Crippen molar-refractivity contribution >= 4 is 11.0 Å². The van der Waals surface area contributed by atoms with E-state index in [-0.39, 0.29) is 5.56 Å². The first-order valence-corrected chi connectivity index (χ1v) is 7.16. The van der Waals surface area contributed by atoms with E-state index in [1.165, 1.54) is 30.4 Å². The van der Waals surface area contributed by atoms with E-state index >= 15 is 0 Å². The number of hydrogen-bond acceptors (Lipinski definition) is 2. The zero-order valence-electron chi connectivity index (χ0n) is 11.6. The fourth-order valence-corrected chi connectivity index (χ4v) is 3.01. The van der Waals surface area contributed by atoms with Gasteiger partial charge in [-0.1, -0.05) is 19.3 Å². The Hall–Kier alpha value is -1.64. The summed E-state index contributed by atoms with van der Waals surface area (Å²) >= 11 is 0. The molecule has 2 aromatic rings. The summed E-state index contributed by atoms with van der Waals surface area (Å²) in [6.45, 7) is 4.14. The van der Waals surface area contributed by atoms with Gasteiger partial charge in [-0.25, -0.2) is 4.98 Å². The Morgan fingerprint density at radius 2 is 1.79 bits per heavy atom. The van der Waals surface area contributed by atoms with Crippen molar-refractivity contribution < 1.29 is 0 Å². The number of nitrogens with zero attached hydrogens (tertiary/aromatic N) is 1. The molecule has 100 valence electrons. The third-order valence-corrected chi connectivity index (χ3v) is 4.33. The van der Waals surface area contributed by atoms with Crippen molar-refractivity contribution in [1.82, 2.24) is 9.97 Å². The van der Waals surface area contributed by atoms with E-state index < -0.39 is 0 Å². The predicted molar refractivity (Wildman–Crippen MR) is 77.7 cm³/mol. The average molecular weight is 256 g/mol. The molecule has 0 saturated heterocycles. The van der Waals surface area contributed by atoms with E-state index in [0.717, 1.165) is 29.6 Å². The maximum atomic E-state index is 12.2. The van der Waals surface area contributed by atoms with Crippen molar-refractivity contribution in [3.05, 3.63) is 39.3 Å². The molecular formula is C16H20N2O. The van der Waals surface area contributed by atoms with Gasteiger partial charge in [0, 0.05) is 5.92 Å². The fourth-order valence-electron chi connectivity index (χ4n) is 3.01. The second-order valence-corrected chi connectivity index (χ2v) is 5.74. The van der Waals surface area contributed by atoms with Gasteiger partial charge in [-0.15, -0.1) is 0 Å². The molecule has 1 aliphatic carbocycles. The molecule has 1 aromatic carbocycles. The molecule has 0 unspecified atom stereocenters. The molecule has 19 heavy (non-hydrogen) atoms. The van der Waals surface area contributed by atoms with E-state index in [1.54, 1.807) is 0 Å². The number of rotatable bonds is 1. The molecule has 0 aliphatic heterocycles. The first kappa shape index (κ1) is 12.4. The predicted octanol–water partition coefficient (Wildman–Crippen LogP) is 3.59. The fraction of sp³-hybridized carbons (Fsp3) is 0.500. The van der Waals surface area contributed by atoms with Crippen LogP contribution in [0.1, 0.15) is 54.8 Å². The number of nitrogens with one attached hydrogen (secondary N) is 1. The smallest absolute Gasteiger partial charge is 0.270 e. The lowest BCUT2D eigenvalue weighted by atomic mass is 9.87. The monoisotopic (exact) mass is 256 g/mol. The Morgan fingerprint density at radius 1 is 1.11 bits per heavy atom. The Kier molecular flexibility index (Phi) is 3.13. The Morgan fingerprint density at radius 3 is 2.53 bits per heavy atom. The number of aromatic amines is 1. The summed E-state index contributed by atoms with van der Waals surface area (Å²) in [5, 5.41) is 0. The van der Waals surface area contributed by atoms with Gasteiger partial charge in [0.1, 0.15) is 5.69 Å². The van der Waals surface area contributed by atoms with Gasteiger partial charge in [-0.2, -0.15) is 0 Å². The SMILES string of the molecule is Cc1cc2nc(C3CCCCC3)c(=O)[nH]c2cc1C. The van der Waals surface area contributed by atoms with Gasteiger partial charge in [0.15, 0.2) is 0 Å². The summed E-state index contributed by atoms with van der Waals surface area (Å²) in [6, 6.07) is 4.09. The number of aryl methyl sites for hydroxylation is 2. The van der Waals surface area contributed by atoms with Crippen molar-refractivity contribution in [2.24, 2.45) is 0 Å². The van der Waals surface area contributed by atoms with Gasteiger partial charge >= 0.3 is 0 Å². The summed E-state index contributed by atoms with van der Waals surface area (Å²) in [7, 11) is 0. The molecule has 0 spiro atoms. The van der Waals surface area contributed by atoms with Gasteiger partial charge in [0.25, 0.3) is 5.56 Å². The van der Waals surface area contributed by atoms with Gasteiger partial charge < -0.3 is 4.98 Å². The number of H-pyrrole nitrogens is 1. The molecule has 0 radical (unpaired) electrons. The standard InChI is InChI=1S/C16H20N2O/c1-10-8-13-14(9-11(10)2)18-16(19)15(17-13)12-6-4-3-5-7-12/h8-9,12H,3-7H2,1-2H3,(H,18,19). The van der Waals surface area contributed by atoms with Crippen molar-refractivity contribution in [2.75, 3.05) is 0 Å². The maximum absolute atomic E-state index is 12.2. The number of hydrogen-bond donors (Lipinski definition) is 1. The minimum atomic E-state index is 0.00246. The van der Waals surface area contributed by atoms with Crippen LogP contribution >= 0.6 is 0 Å². The van der Waals surface area contributed by atoms with Crippen LogP contribution < -0.4 is 5.56 Å². The molecule has 1 aliphatic rings.